The number of hydrogen-bond acceptors (Lipinski definition) is 3. The van der Waals surface area contributed by atoms with Gasteiger partial charge in [0.15, 0.2) is 0 Å². The summed E-state index contributed by atoms with van der Waals surface area (Å²) in [4.78, 5) is 30.7. The predicted molar refractivity (Wildman–Crippen MR) is 128 cm³/mol. The summed E-state index contributed by atoms with van der Waals surface area (Å²) in [5.41, 5.74) is 2.57. The second-order valence-corrected chi connectivity index (χ2v) is 9.80. The van der Waals surface area contributed by atoms with Crippen molar-refractivity contribution in [3.8, 4) is 0 Å². The fourth-order valence-electron chi connectivity index (χ4n) is 5.31. The van der Waals surface area contributed by atoms with Crippen molar-refractivity contribution < 1.29 is 9.59 Å². The van der Waals surface area contributed by atoms with Crippen LogP contribution in [-0.2, 0) is 4.79 Å². The number of amides is 2. The van der Waals surface area contributed by atoms with Crippen LogP contribution in [0.25, 0.3) is 0 Å². The summed E-state index contributed by atoms with van der Waals surface area (Å²) in [7, 11) is 0. The molecule has 0 bridgehead atoms. The van der Waals surface area contributed by atoms with E-state index in [2.05, 4.69) is 11.4 Å². The van der Waals surface area contributed by atoms with E-state index in [1.165, 1.54) is 0 Å². The van der Waals surface area contributed by atoms with Crippen molar-refractivity contribution in [3.63, 3.8) is 0 Å². The van der Waals surface area contributed by atoms with Crippen molar-refractivity contribution in [2.24, 2.45) is 0 Å². The highest BCUT2D eigenvalue weighted by atomic mass is 32.1. The van der Waals surface area contributed by atoms with E-state index in [1.54, 1.807) is 11.3 Å². The molecule has 1 fully saturated rings. The molecule has 3 aromatic rings. The van der Waals surface area contributed by atoms with Crippen LogP contribution in [0.2, 0.25) is 0 Å². The molecule has 164 valence electrons. The Balaban J connectivity index is 1.58. The van der Waals surface area contributed by atoms with Gasteiger partial charge in [-0.15, -0.1) is 11.3 Å². The molecule has 0 spiro atoms. The lowest BCUT2D eigenvalue weighted by molar-refractivity contribution is -0.125. The molecule has 0 unspecified atom stereocenters. The molecular formula is C27H28N2O2S. The number of hydrogen-bond donors (Lipinski definition) is 1. The second kappa shape index (κ2) is 8.91. The number of fused-ring (bicyclic) bond motifs is 1. The number of carbonyl (C=O) groups is 2. The molecule has 1 aliphatic heterocycles. The fraction of sp³-hybridized carbons (Fsp3) is 0.333. The van der Waals surface area contributed by atoms with Crippen molar-refractivity contribution in [2.75, 3.05) is 0 Å². The lowest BCUT2D eigenvalue weighted by Crippen LogP contribution is -2.50. The maximum atomic E-state index is 13.9. The minimum absolute atomic E-state index is 0.0253. The molecule has 1 aromatic heterocycles. The van der Waals surface area contributed by atoms with E-state index in [9.17, 15) is 9.59 Å². The Labute approximate surface area is 193 Å². The molecule has 1 saturated carbocycles. The largest absolute Gasteiger partial charge is 0.349 e. The van der Waals surface area contributed by atoms with Gasteiger partial charge >= 0.3 is 0 Å². The first kappa shape index (κ1) is 21.0. The lowest BCUT2D eigenvalue weighted by Gasteiger charge is -2.44. The average Bonchev–Trinajstić information content (AvgIpc) is 3.54. The monoisotopic (exact) mass is 444 g/mol. The summed E-state index contributed by atoms with van der Waals surface area (Å²) in [6.45, 7) is 2.02. The number of benzene rings is 2. The van der Waals surface area contributed by atoms with Gasteiger partial charge in [-0.3, -0.25) is 9.59 Å². The van der Waals surface area contributed by atoms with Gasteiger partial charge in [-0.2, -0.15) is 0 Å². The zero-order valence-corrected chi connectivity index (χ0v) is 19.1. The van der Waals surface area contributed by atoms with Crippen LogP contribution in [0.4, 0.5) is 0 Å². The number of nitrogens with one attached hydrogen (secondary N) is 1. The first-order valence-electron chi connectivity index (χ1n) is 11.5. The van der Waals surface area contributed by atoms with E-state index in [0.717, 1.165) is 41.7 Å². The van der Waals surface area contributed by atoms with Crippen molar-refractivity contribution in [1.82, 2.24) is 10.2 Å². The van der Waals surface area contributed by atoms with Gasteiger partial charge in [-0.25, -0.2) is 0 Å². The van der Waals surface area contributed by atoms with Crippen molar-refractivity contribution >= 4 is 23.2 Å². The summed E-state index contributed by atoms with van der Waals surface area (Å²) in [5.74, 6) is -0.400. The summed E-state index contributed by atoms with van der Waals surface area (Å²) < 4.78 is 0. The summed E-state index contributed by atoms with van der Waals surface area (Å²) in [5, 5.41) is 5.29. The fourth-order valence-corrected chi connectivity index (χ4v) is 6.17. The van der Waals surface area contributed by atoms with Crippen LogP contribution in [0.1, 0.15) is 77.0 Å². The van der Waals surface area contributed by atoms with Crippen LogP contribution in [0.15, 0.2) is 72.1 Å². The molecule has 1 N–H and O–H groups in total. The lowest BCUT2D eigenvalue weighted by atomic mass is 9.80. The Kier molecular flexibility index (Phi) is 5.83. The standard InChI is InChI=1S/C27H28N2O2S/c1-18(19-10-3-2-4-11-19)28-26(30)24-21-14-7-8-15-22(21)27(31)29(20-12-5-6-13-20)25(24)23-16-9-17-32-23/h2-4,7-11,14-18,20,24-25H,5-6,12-13H2,1H3,(H,28,30)/t18-,24-,25+/m0/s1. The first-order chi connectivity index (χ1) is 15.6. The molecule has 1 aliphatic carbocycles. The van der Waals surface area contributed by atoms with Crippen LogP contribution in [-0.4, -0.2) is 22.8 Å². The average molecular weight is 445 g/mol. The zero-order valence-electron chi connectivity index (χ0n) is 18.2. The third kappa shape index (κ3) is 3.75. The highest BCUT2D eigenvalue weighted by molar-refractivity contribution is 7.10. The SMILES string of the molecule is C[C@H](NC(=O)[C@H]1c2ccccc2C(=O)N(C2CCCC2)[C@@H]1c1cccs1)c1ccccc1. The molecule has 2 aromatic carbocycles. The third-order valence-corrected chi connectivity index (χ3v) is 7.81. The van der Waals surface area contributed by atoms with E-state index in [-0.39, 0.29) is 29.9 Å². The Morgan fingerprint density at radius 3 is 2.44 bits per heavy atom. The Morgan fingerprint density at radius 1 is 1.00 bits per heavy atom. The van der Waals surface area contributed by atoms with Crippen LogP contribution in [0.5, 0.6) is 0 Å². The molecule has 2 heterocycles. The van der Waals surface area contributed by atoms with Gasteiger partial charge in [0, 0.05) is 16.5 Å². The Morgan fingerprint density at radius 2 is 1.72 bits per heavy atom. The maximum Gasteiger partial charge on any atom is 0.254 e. The number of thiophene rings is 1. The van der Waals surface area contributed by atoms with Gasteiger partial charge in [-0.05, 0) is 48.4 Å². The third-order valence-electron chi connectivity index (χ3n) is 6.87. The van der Waals surface area contributed by atoms with Crippen molar-refractivity contribution in [3.05, 3.63) is 93.7 Å². The minimum Gasteiger partial charge on any atom is -0.349 e. The highest BCUT2D eigenvalue weighted by Gasteiger charge is 2.47. The van der Waals surface area contributed by atoms with E-state index in [1.807, 2.05) is 77.9 Å². The van der Waals surface area contributed by atoms with E-state index in [0.29, 0.717) is 5.56 Å². The van der Waals surface area contributed by atoms with Crippen LogP contribution < -0.4 is 5.32 Å². The number of nitrogens with zero attached hydrogens (tertiary/aromatic N) is 1. The maximum absolute atomic E-state index is 13.9. The first-order valence-corrected chi connectivity index (χ1v) is 12.3. The van der Waals surface area contributed by atoms with Gasteiger partial charge in [-0.1, -0.05) is 67.4 Å². The van der Waals surface area contributed by atoms with E-state index in [4.69, 9.17) is 0 Å². The van der Waals surface area contributed by atoms with E-state index < -0.39 is 5.92 Å². The summed E-state index contributed by atoms with van der Waals surface area (Å²) >= 11 is 1.63. The molecule has 32 heavy (non-hydrogen) atoms. The smallest absolute Gasteiger partial charge is 0.254 e. The number of rotatable bonds is 5. The van der Waals surface area contributed by atoms with Crippen LogP contribution >= 0.6 is 11.3 Å². The van der Waals surface area contributed by atoms with E-state index >= 15 is 0 Å². The van der Waals surface area contributed by atoms with Crippen molar-refractivity contribution in [1.29, 1.82) is 0 Å². The molecular weight excluding hydrogens is 416 g/mol. The molecule has 4 nitrogen and oxygen atoms in total. The van der Waals surface area contributed by atoms with Crippen molar-refractivity contribution in [2.45, 2.75) is 56.7 Å². The van der Waals surface area contributed by atoms with Gasteiger partial charge in [0.1, 0.15) is 0 Å². The predicted octanol–water partition coefficient (Wildman–Crippen LogP) is 5.85. The minimum atomic E-state index is -0.436. The second-order valence-electron chi connectivity index (χ2n) is 8.82. The van der Waals surface area contributed by atoms with Gasteiger partial charge in [0.2, 0.25) is 5.91 Å². The molecule has 0 radical (unpaired) electrons. The Bertz CT molecular complexity index is 1090. The van der Waals surface area contributed by atoms with Crippen LogP contribution in [0.3, 0.4) is 0 Å². The topological polar surface area (TPSA) is 49.4 Å². The van der Waals surface area contributed by atoms with Crippen LogP contribution in [0, 0.1) is 0 Å². The molecule has 2 aliphatic rings. The molecule has 5 heteroatoms. The quantitative estimate of drug-likeness (QED) is 0.537. The summed E-state index contributed by atoms with van der Waals surface area (Å²) in [6, 6.07) is 21.6. The molecule has 3 atom stereocenters. The summed E-state index contributed by atoms with van der Waals surface area (Å²) in [6.07, 6.45) is 4.28. The Hall–Kier alpha value is -2.92. The number of carbonyl (C=O) groups excluding carboxylic acids is 2. The van der Waals surface area contributed by atoms with Gasteiger partial charge < -0.3 is 10.2 Å². The zero-order chi connectivity index (χ0) is 22.1. The molecule has 0 saturated heterocycles. The highest BCUT2D eigenvalue weighted by Crippen LogP contribution is 2.47. The van der Waals surface area contributed by atoms with Gasteiger partial charge in [0.25, 0.3) is 5.91 Å². The van der Waals surface area contributed by atoms with Gasteiger partial charge in [0.05, 0.1) is 18.0 Å². The molecule has 5 rings (SSSR count). The normalized spacial score (nSPS) is 21.9. The molecule has 2 amide bonds.